The van der Waals surface area contributed by atoms with Crippen molar-refractivity contribution in [2.45, 2.75) is 13.8 Å². The molecule has 1 saturated heterocycles. The summed E-state index contributed by atoms with van der Waals surface area (Å²) in [6.07, 6.45) is 1.73. The van der Waals surface area contributed by atoms with Crippen LogP contribution in [0.3, 0.4) is 0 Å². The van der Waals surface area contributed by atoms with E-state index in [0.717, 1.165) is 24.2 Å². The van der Waals surface area contributed by atoms with Gasteiger partial charge >= 0.3 is 0 Å². The molecule has 110 valence electrons. The first-order chi connectivity index (χ1) is 10.1. The molecule has 4 heteroatoms. The first-order valence-corrected chi connectivity index (χ1v) is 7.15. The van der Waals surface area contributed by atoms with Gasteiger partial charge in [0, 0.05) is 18.7 Å². The van der Waals surface area contributed by atoms with Crippen LogP contribution < -0.4 is 10.3 Å². The minimum absolute atomic E-state index is 0.0407. The monoisotopic (exact) mass is 285 g/mol. The number of rotatable bonds is 2. The van der Waals surface area contributed by atoms with Crippen molar-refractivity contribution < 1.29 is 9.15 Å². The van der Waals surface area contributed by atoms with Crippen LogP contribution in [0, 0.1) is 13.8 Å². The smallest absolute Gasteiger partial charge is 0.203 e. The van der Waals surface area contributed by atoms with Gasteiger partial charge in [0.05, 0.1) is 24.2 Å². The van der Waals surface area contributed by atoms with E-state index in [2.05, 4.69) is 11.5 Å². The van der Waals surface area contributed by atoms with Crippen LogP contribution in [0.25, 0.3) is 17.0 Å². The van der Waals surface area contributed by atoms with Gasteiger partial charge in [-0.15, -0.1) is 0 Å². The maximum Gasteiger partial charge on any atom is 0.203 e. The lowest BCUT2D eigenvalue weighted by Crippen LogP contribution is -2.37. The molecule has 0 saturated carbocycles. The number of nitrogens with zero attached hydrogens (tertiary/aromatic N) is 1. The van der Waals surface area contributed by atoms with Gasteiger partial charge in [0.2, 0.25) is 5.88 Å². The Morgan fingerprint density at radius 3 is 2.62 bits per heavy atom. The van der Waals surface area contributed by atoms with E-state index in [1.807, 2.05) is 26.0 Å². The fourth-order valence-electron chi connectivity index (χ4n) is 2.78. The predicted molar refractivity (Wildman–Crippen MR) is 85.1 cm³/mol. The van der Waals surface area contributed by atoms with Crippen LogP contribution in [0.1, 0.15) is 16.7 Å². The summed E-state index contributed by atoms with van der Waals surface area (Å²) in [5.74, 6) is 0.657. The summed E-state index contributed by atoms with van der Waals surface area (Å²) in [4.78, 5) is 14.8. The van der Waals surface area contributed by atoms with Crippen molar-refractivity contribution in [2.24, 2.45) is 0 Å². The van der Waals surface area contributed by atoms with Gasteiger partial charge in [-0.3, -0.25) is 4.79 Å². The Hall–Kier alpha value is -2.07. The second-order valence-electron chi connectivity index (χ2n) is 5.34. The Bertz CT molecular complexity index is 755. The van der Waals surface area contributed by atoms with Gasteiger partial charge in [0.1, 0.15) is 5.58 Å². The first kappa shape index (κ1) is 13.9. The molecule has 2 heterocycles. The van der Waals surface area contributed by atoms with Gasteiger partial charge in [-0.2, -0.15) is 0 Å². The molecule has 0 aliphatic carbocycles. The molecule has 0 spiro atoms. The third-order valence-electron chi connectivity index (χ3n) is 4.00. The van der Waals surface area contributed by atoms with Crippen LogP contribution in [0.2, 0.25) is 0 Å². The number of benzene rings is 1. The zero-order valence-electron chi connectivity index (χ0n) is 12.4. The van der Waals surface area contributed by atoms with E-state index in [4.69, 9.17) is 9.15 Å². The summed E-state index contributed by atoms with van der Waals surface area (Å²) in [7, 11) is 0. The van der Waals surface area contributed by atoms with Crippen LogP contribution in [-0.4, -0.2) is 26.3 Å². The first-order valence-electron chi connectivity index (χ1n) is 7.15. The van der Waals surface area contributed by atoms with E-state index in [1.165, 1.54) is 0 Å². The second kappa shape index (κ2) is 5.37. The Labute approximate surface area is 123 Å². The quantitative estimate of drug-likeness (QED) is 0.851. The lowest BCUT2D eigenvalue weighted by Gasteiger charge is -2.28. The molecule has 0 amide bonds. The van der Waals surface area contributed by atoms with E-state index in [1.54, 1.807) is 6.08 Å². The summed E-state index contributed by atoms with van der Waals surface area (Å²) < 4.78 is 11.5. The molecular weight excluding hydrogens is 266 g/mol. The number of hydrogen-bond donors (Lipinski definition) is 0. The summed E-state index contributed by atoms with van der Waals surface area (Å²) in [5, 5.41) is 0.655. The highest BCUT2D eigenvalue weighted by atomic mass is 16.5. The maximum atomic E-state index is 12.7. The zero-order valence-corrected chi connectivity index (χ0v) is 12.4. The molecule has 1 aromatic carbocycles. The van der Waals surface area contributed by atoms with Crippen molar-refractivity contribution in [3.8, 4) is 0 Å². The molecule has 0 radical (unpaired) electrons. The molecule has 2 aromatic rings. The Morgan fingerprint density at radius 1 is 1.24 bits per heavy atom. The number of morpholine rings is 1. The minimum Gasteiger partial charge on any atom is -0.439 e. The van der Waals surface area contributed by atoms with E-state index in [9.17, 15) is 4.79 Å². The highest BCUT2D eigenvalue weighted by Crippen LogP contribution is 2.28. The lowest BCUT2D eigenvalue weighted by molar-refractivity contribution is 0.120. The van der Waals surface area contributed by atoms with Crippen molar-refractivity contribution in [1.82, 2.24) is 0 Å². The van der Waals surface area contributed by atoms with Crippen LogP contribution in [-0.2, 0) is 4.74 Å². The Morgan fingerprint density at radius 2 is 1.95 bits per heavy atom. The predicted octanol–water partition coefficient (Wildman–Crippen LogP) is 2.89. The highest BCUT2D eigenvalue weighted by molar-refractivity contribution is 5.89. The molecule has 1 fully saturated rings. The van der Waals surface area contributed by atoms with Crippen molar-refractivity contribution in [3.05, 3.63) is 45.6 Å². The van der Waals surface area contributed by atoms with Gasteiger partial charge in [0.15, 0.2) is 5.43 Å². The minimum atomic E-state index is 0.0407. The molecule has 1 aliphatic rings. The molecule has 0 N–H and O–H groups in total. The molecule has 1 aromatic heterocycles. The fourth-order valence-corrected chi connectivity index (χ4v) is 2.78. The van der Waals surface area contributed by atoms with Crippen LogP contribution in [0.5, 0.6) is 0 Å². The average Bonchev–Trinajstić information content (AvgIpc) is 2.51. The molecule has 1 aliphatic heterocycles. The van der Waals surface area contributed by atoms with E-state index < -0.39 is 0 Å². The number of aryl methyl sites for hydroxylation is 1. The largest absolute Gasteiger partial charge is 0.439 e. The Kier molecular flexibility index (Phi) is 3.55. The topological polar surface area (TPSA) is 42.7 Å². The van der Waals surface area contributed by atoms with Gasteiger partial charge in [0.25, 0.3) is 0 Å². The molecule has 3 rings (SSSR count). The van der Waals surface area contributed by atoms with Crippen molar-refractivity contribution in [3.63, 3.8) is 0 Å². The van der Waals surface area contributed by atoms with Crippen molar-refractivity contribution in [2.75, 3.05) is 31.2 Å². The Balaban J connectivity index is 2.30. The number of anilines is 1. The molecular formula is C17H19NO3. The summed E-state index contributed by atoms with van der Waals surface area (Å²) in [6, 6.07) is 3.87. The van der Waals surface area contributed by atoms with Gasteiger partial charge in [-0.05, 0) is 19.4 Å². The van der Waals surface area contributed by atoms with Gasteiger partial charge < -0.3 is 14.1 Å². The molecule has 21 heavy (non-hydrogen) atoms. The van der Waals surface area contributed by atoms with Crippen LogP contribution in [0.4, 0.5) is 5.88 Å². The number of hydrogen-bond acceptors (Lipinski definition) is 4. The zero-order chi connectivity index (χ0) is 15.0. The van der Waals surface area contributed by atoms with Crippen LogP contribution in [0.15, 0.2) is 27.9 Å². The van der Waals surface area contributed by atoms with Crippen molar-refractivity contribution >= 4 is 22.9 Å². The summed E-state index contributed by atoms with van der Waals surface area (Å²) in [5.41, 5.74) is 3.11. The molecule has 0 unspecified atom stereocenters. The van der Waals surface area contributed by atoms with E-state index in [-0.39, 0.29) is 5.43 Å². The number of ether oxygens (including phenoxy) is 1. The standard InChI is InChI=1S/C17H19NO3/c1-4-13-6-5-11(2)14-15(19)12(3)17(21-16(13)14)18-7-9-20-10-8-18/h4-6H,1,7-10H2,2-3H3. The fraction of sp³-hybridized carbons (Fsp3) is 0.353. The second-order valence-corrected chi connectivity index (χ2v) is 5.34. The normalized spacial score (nSPS) is 15.4. The van der Waals surface area contributed by atoms with E-state index >= 15 is 0 Å². The van der Waals surface area contributed by atoms with Gasteiger partial charge in [-0.25, -0.2) is 0 Å². The summed E-state index contributed by atoms with van der Waals surface area (Å²) >= 11 is 0. The average molecular weight is 285 g/mol. The summed E-state index contributed by atoms with van der Waals surface area (Å²) in [6.45, 7) is 10.4. The highest BCUT2D eigenvalue weighted by Gasteiger charge is 2.20. The SMILES string of the molecule is C=Cc1ccc(C)c2c(=O)c(C)c(N3CCOCC3)oc12. The molecule has 0 bridgehead atoms. The third kappa shape index (κ3) is 2.25. The number of fused-ring (bicyclic) bond motifs is 1. The van der Waals surface area contributed by atoms with Crippen molar-refractivity contribution in [1.29, 1.82) is 0 Å². The third-order valence-corrected chi connectivity index (χ3v) is 4.00. The van der Waals surface area contributed by atoms with Gasteiger partial charge in [-0.1, -0.05) is 24.8 Å². The molecule has 0 atom stereocenters. The van der Waals surface area contributed by atoms with E-state index in [0.29, 0.717) is 35.6 Å². The van der Waals surface area contributed by atoms with Crippen LogP contribution >= 0.6 is 0 Å². The molecule has 4 nitrogen and oxygen atoms in total. The maximum absolute atomic E-state index is 12.7. The lowest BCUT2D eigenvalue weighted by atomic mass is 10.0.